The molecule has 118 valence electrons. The molecule has 1 amide bonds. The highest BCUT2D eigenvalue weighted by Gasteiger charge is 2.22. The van der Waals surface area contributed by atoms with Crippen LogP contribution in [0, 0.1) is 5.41 Å². The van der Waals surface area contributed by atoms with E-state index in [1.165, 1.54) is 0 Å². The van der Waals surface area contributed by atoms with Crippen LogP contribution >= 0.6 is 15.9 Å². The Bertz CT molecular complexity index is 882. The zero-order valence-corrected chi connectivity index (χ0v) is 14.6. The summed E-state index contributed by atoms with van der Waals surface area (Å²) in [5, 5.41) is 2.83. The lowest BCUT2D eigenvalue weighted by atomic mass is 9.96. The molecule has 3 aromatic heterocycles. The molecule has 0 aliphatic heterocycles. The van der Waals surface area contributed by atoms with Gasteiger partial charge in [-0.1, -0.05) is 20.8 Å². The molecule has 0 aromatic carbocycles. The van der Waals surface area contributed by atoms with Crippen molar-refractivity contribution in [3.8, 4) is 11.3 Å². The van der Waals surface area contributed by atoms with E-state index in [-0.39, 0.29) is 5.91 Å². The molecule has 0 bridgehead atoms. The lowest BCUT2D eigenvalue weighted by Gasteiger charge is -2.17. The van der Waals surface area contributed by atoms with Gasteiger partial charge in [0.15, 0.2) is 5.65 Å². The third kappa shape index (κ3) is 3.10. The van der Waals surface area contributed by atoms with Gasteiger partial charge in [0.25, 0.3) is 0 Å². The van der Waals surface area contributed by atoms with Gasteiger partial charge < -0.3 is 10.3 Å². The fourth-order valence-electron chi connectivity index (χ4n) is 2.04. The van der Waals surface area contributed by atoms with E-state index in [9.17, 15) is 4.79 Å². The molecule has 2 N–H and O–H groups in total. The predicted molar refractivity (Wildman–Crippen MR) is 92.9 cm³/mol. The Morgan fingerprint density at radius 3 is 2.61 bits per heavy atom. The summed E-state index contributed by atoms with van der Waals surface area (Å²) in [5.41, 5.74) is 2.72. The molecule has 6 nitrogen and oxygen atoms in total. The van der Waals surface area contributed by atoms with E-state index in [0.717, 1.165) is 21.2 Å². The van der Waals surface area contributed by atoms with Crippen LogP contribution in [0.2, 0.25) is 0 Å². The van der Waals surface area contributed by atoms with Crippen molar-refractivity contribution in [3.63, 3.8) is 0 Å². The van der Waals surface area contributed by atoms with E-state index in [0.29, 0.717) is 11.5 Å². The van der Waals surface area contributed by atoms with Crippen LogP contribution < -0.4 is 5.32 Å². The Kier molecular flexibility index (Phi) is 3.89. The third-order valence-corrected chi connectivity index (χ3v) is 4.11. The molecule has 0 saturated carbocycles. The first-order valence-electron chi connectivity index (χ1n) is 7.12. The van der Waals surface area contributed by atoms with Gasteiger partial charge in [-0.15, -0.1) is 0 Å². The van der Waals surface area contributed by atoms with Crippen molar-refractivity contribution in [1.29, 1.82) is 0 Å². The summed E-state index contributed by atoms with van der Waals surface area (Å²) < 4.78 is 0.833. The molecule has 3 rings (SSSR count). The zero-order chi connectivity index (χ0) is 16.6. The summed E-state index contributed by atoms with van der Waals surface area (Å²) in [6.07, 6.45) is 4.94. The van der Waals surface area contributed by atoms with Gasteiger partial charge >= 0.3 is 0 Å². The maximum atomic E-state index is 12.1. The molecule has 0 fully saturated rings. The molecule has 0 spiro atoms. The first-order chi connectivity index (χ1) is 10.9. The van der Waals surface area contributed by atoms with Crippen LogP contribution in [0.3, 0.4) is 0 Å². The van der Waals surface area contributed by atoms with E-state index in [2.05, 4.69) is 41.2 Å². The second-order valence-corrected chi connectivity index (χ2v) is 6.99. The highest BCUT2D eigenvalue weighted by Crippen LogP contribution is 2.33. The molecule has 0 unspecified atom stereocenters. The van der Waals surface area contributed by atoms with Crippen molar-refractivity contribution in [2.24, 2.45) is 5.41 Å². The number of halogens is 1. The molecule has 0 aliphatic rings. The second kappa shape index (κ2) is 5.73. The number of anilines is 1. The van der Waals surface area contributed by atoms with Gasteiger partial charge in [0.2, 0.25) is 5.91 Å². The van der Waals surface area contributed by atoms with Crippen LogP contribution in [-0.2, 0) is 4.79 Å². The smallest absolute Gasteiger partial charge is 0.230 e. The lowest BCUT2D eigenvalue weighted by Crippen LogP contribution is -2.27. The number of carbonyl (C=O) groups is 1. The first kappa shape index (κ1) is 15.6. The lowest BCUT2D eigenvalue weighted by molar-refractivity contribution is -0.123. The van der Waals surface area contributed by atoms with Crippen molar-refractivity contribution in [3.05, 3.63) is 35.2 Å². The minimum absolute atomic E-state index is 0.0822. The van der Waals surface area contributed by atoms with Crippen LogP contribution in [0.1, 0.15) is 20.8 Å². The van der Waals surface area contributed by atoms with E-state index in [1.54, 1.807) is 18.6 Å². The van der Waals surface area contributed by atoms with Crippen LogP contribution in [0.4, 0.5) is 5.82 Å². The Hall–Kier alpha value is -2.28. The van der Waals surface area contributed by atoms with Crippen molar-refractivity contribution >= 4 is 38.8 Å². The van der Waals surface area contributed by atoms with Gasteiger partial charge in [-0.05, 0) is 28.1 Å². The number of amides is 1. The van der Waals surface area contributed by atoms with E-state index in [1.807, 2.05) is 32.9 Å². The van der Waals surface area contributed by atoms with Gasteiger partial charge in [0.1, 0.15) is 11.3 Å². The maximum Gasteiger partial charge on any atom is 0.230 e. The van der Waals surface area contributed by atoms with Gasteiger partial charge in [-0.3, -0.25) is 9.78 Å². The van der Waals surface area contributed by atoms with Crippen LogP contribution in [0.5, 0.6) is 0 Å². The number of pyridine rings is 1. The number of nitrogens with one attached hydrogen (secondary N) is 2. The van der Waals surface area contributed by atoms with Crippen LogP contribution in [0.25, 0.3) is 22.4 Å². The standard InChI is InChI=1S/C16H16BrN5O/c1-16(2,3)15(23)21-10-8-9(4-5-18-10)12-11(17)13-14(22-12)20-7-6-19-13/h4-8H,1-3H3,(H,20,22)(H,18,21,23). The highest BCUT2D eigenvalue weighted by molar-refractivity contribution is 9.10. The van der Waals surface area contributed by atoms with Crippen molar-refractivity contribution in [1.82, 2.24) is 19.9 Å². The minimum Gasteiger partial charge on any atom is -0.337 e. The third-order valence-electron chi connectivity index (χ3n) is 3.34. The number of H-pyrrole nitrogens is 1. The van der Waals surface area contributed by atoms with Crippen molar-refractivity contribution < 1.29 is 4.79 Å². The Morgan fingerprint density at radius 2 is 1.91 bits per heavy atom. The average molecular weight is 374 g/mol. The maximum absolute atomic E-state index is 12.1. The summed E-state index contributed by atoms with van der Waals surface area (Å²) in [5.74, 6) is 0.426. The predicted octanol–water partition coefficient (Wildman–Crippen LogP) is 3.77. The van der Waals surface area contributed by atoms with Gasteiger partial charge in [0.05, 0.1) is 10.2 Å². The van der Waals surface area contributed by atoms with E-state index in [4.69, 9.17) is 0 Å². The summed E-state index contributed by atoms with van der Waals surface area (Å²) in [4.78, 5) is 28.1. The molecular weight excluding hydrogens is 358 g/mol. The number of rotatable bonds is 2. The van der Waals surface area contributed by atoms with Crippen LogP contribution in [-0.4, -0.2) is 25.8 Å². The number of aromatic amines is 1. The monoisotopic (exact) mass is 373 g/mol. The van der Waals surface area contributed by atoms with Crippen molar-refractivity contribution in [2.75, 3.05) is 5.32 Å². The number of nitrogens with zero attached hydrogens (tertiary/aromatic N) is 3. The number of aromatic nitrogens is 4. The average Bonchev–Trinajstić information content (AvgIpc) is 2.84. The normalized spacial score (nSPS) is 11.7. The Balaban J connectivity index is 1.99. The molecule has 0 aliphatic carbocycles. The fraction of sp³-hybridized carbons (Fsp3) is 0.250. The molecule has 3 aromatic rings. The molecule has 0 atom stereocenters. The molecule has 3 heterocycles. The van der Waals surface area contributed by atoms with E-state index < -0.39 is 5.41 Å². The summed E-state index contributed by atoms with van der Waals surface area (Å²) in [6, 6.07) is 3.68. The SMILES string of the molecule is CC(C)(C)C(=O)Nc1cc(-c2[nH]c3nccnc3c2Br)ccn1. The second-order valence-electron chi connectivity index (χ2n) is 6.20. The summed E-state index contributed by atoms with van der Waals surface area (Å²) in [6.45, 7) is 5.58. The molecule has 0 radical (unpaired) electrons. The molecule has 7 heteroatoms. The largest absolute Gasteiger partial charge is 0.337 e. The number of hydrogen-bond acceptors (Lipinski definition) is 4. The van der Waals surface area contributed by atoms with Gasteiger partial charge in [-0.25, -0.2) is 9.97 Å². The highest BCUT2D eigenvalue weighted by atomic mass is 79.9. The zero-order valence-electron chi connectivity index (χ0n) is 13.0. The quantitative estimate of drug-likeness (QED) is 0.715. The van der Waals surface area contributed by atoms with Gasteiger partial charge in [0, 0.05) is 29.6 Å². The fourth-order valence-corrected chi connectivity index (χ4v) is 2.66. The molecular formula is C16H16BrN5O. The summed E-state index contributed by atoms with van der Waals surface area (Å²) in [7, 11) is 0. The van der Waals surface area contributed by atoms with Gasteiger partial charge in [-0.2, -0.15) is 0 Å². The van der Waals surface area contributed by atoms with E-state index >= 15 is 0 Å². The van der Waals surface area contributed by atoms with Crippen molar-refractivity contribution in [2.45, 2.75) is 20.8 Å². The molecule has 23 heavy (non-hydrogen) atoms. The molecule has 0 saturated heterocycles. The number of carbonyl (C=O) groups excluding carboxylic acids is 1. The topological polar surface area (TPSA) is 83.6 Å². The number of fused-ring (bicyclic) bond motifs is 1. The first-order valence-corrected chi connectivity index (χ1v) is 7.91. The Morgan fingerprint density at radius 1 is 1.17 bits per heavy atom. The number of hydrogen-bond donors (Lipinski definition) is 2. The Labute approximate surface area is 141 Å². The van der Waals surface area contributed by atoms with Crippen LogP contribution in [0.15, 0.2) is 35.2 Å². The minimum atomic E-state index is -0.479. The summed E-state index contributed by atoms with van der Waals surface area (Å²) >= 11 is 3.55.